The van der Waals surface area contributed by atoms with Crippen molar-refractivity contribution in [1.82, 2.24) is 5.32 Å². The molecule has 0 bridgehead atoms. The molecular formula is C16H17Cl2NO2. The van der Waals surface area contributed by atoms with Gasteiger partial charge >= 0.3 is 0 Å². The molecule has 0 saturated carbocycles. The van der Waals surface area contributed by atoms with Crippen LogP contribution in [0.5, 0.6) is 0 Å². The maximum absolute atomic E-state index is 12.4. The maximum atomic E-state index is 12.4. The molecule has 2 rings (SSSR count). The lowest BCUT2D eigenvalue weighted by atomic mass is 9.87. The number of amides is 1. The van der Waals surface area contributed by atoms with Crippen LogP contribution in [0.15, 0.2) is 41.0 Å². The molecular weight excluding hydrogens is 309 g/mol. The Morgan fingerprint density at radius 2 is 2.00 bits per heavy atom. The molecule has 3 nitrogen and oxygen atoms in total. The Morgan fingerprint density at radius 3 is 2.57 bits per heavy atom. The molecule has 0 aliphatic heterocycles. The SMILES string of the molecule is CC(C)C(C(=O)NCc1ccco1)c1ccc(Cl)c(Cl)c1. The summed E-state index contributed by atoms with van der Waals surface area (Å²) in [6.45, 7) is 4.37. The molecule has 0 radical (unpaired) electrons. The van der Waals surface area contributed by atoms with E-state index in [0.717, 1.165) is 11.3 Å². The Kier molecular flexibility index (Phi) is 5.32. The van der Waals surface area contributed by atoms with Gasteiger partial charge < -0.3 is 9.73 Å². The van der Waals surface area contributed by atoms with E-state index in [2.05, 4.69) is 5.32 Å². The minimum atomic E-state index is -0.283. The van der Waals surface area contributed by atoms with Crippen molar-refractivity contribution in [3.05, 3.63) is 58.0 Å². The third-order valence-electron chi connectivity index (χ3n) is 3.27. The minimum Gasteiger partial charge on any atom is -0.467 e. The molecule has 0 aliphatic carbocycles. The number of furan rings is 1. The van der Waals surface area contributed by atoms with Crippen molar-refractivity contribution in [2.75, 3.05) is 0 Å². The molecule has 112 valence electrons. The van der Waals surface area contributed by atoms with E-state index in [-0.39, 0.29) is 17.7 Å². The van der Waals surface area contributed by atoms with Crippen molar-refractivity contribution in [1.29, 1.82) is 0 Å². The molecule has 5 heteroatoms. The van der Waals surface area contributed by atoms with E-state index in [9.17, 15) is 4.79 Å². The van der Waals surface area contributed by atoms with Gasteiger partial charge in [0.1, 0.15) is 5.76 Å². The van der Waals surface area contributed by atoms with E-state index in [4.69, 9.17) is 27.6 Å². The van der Waals surface area contributed by atoms with Crippen molar-refractivity contribution < 1.29 is 9.21 Å². The molecule has 21 heavy (non-hydrogen) atoms. The predicted octanol–water partition coefficient (Wildman–Crippen LogP) is 4.64. The van der Waals surface area contributed by atoms with Gasteiger partial charge in [0.2, 0.25) is 5.91 Å². The Hall–Kier alpha value is -1.45. The topological polar surface area (TPSA) is 42.2 Å². The highest BCUT2D eigenvalue weighted by molar-refractivity contribution is 6.42. The fourth-order valence-corrected chi connectivity index (χ4v) is 2.55. The number of nitrogens with one attached hydrogen (secondary N) is 1. The molecule has 0 spiro atoms. The second kappa shape index (κ2) is 7.01. The number of rotatable bonds is 5. The first-order chi connectivity index (χ1) is 9.99. The van der Waals surface area contributed by atoms with Gasteiger partial charge in [-0.2, -0.15) is 0 Å². The Bertz CT molecular complexity index is 609. The van der Waals surface area contributed by atoms with Gasteiger partial charge in [-0.1, -0.05) is 43.1 Å². The third-order valence-corrected chi connectivity index (χ3v) is 4.01. The Morgan fingerprint density at radius 1 is 1.24 bits per heavy atom. The van der Waals surface area contributed by atoms with Gasteiger partial charge in [-0.15, -0.1) is 0 Å². The normalized spacial score (nSPS) is 12.4. The molecule has 1 heterocycles. The molecule has 0 fully saturated rings. The summed E-state index contributed by atoms with van der Waals surface area (Å²) in [6, 6.07) is 8.92. The second-order valence-electron chi connectivity index (χ2n) is 5.19. The summed E-state index contributed by atoms with van der Waals surface area (Å²) in [4.78, 5) is 12.4. The molecule has 1 N–H and O–H groups in total. The maximum Gasteiger partial charge on any atom is 0.228 e. The first-order valence-electron chi connectivity index (χ1n) is 6.74. The van der Waals surface area contributed by atoms with Gasteiger partial charge in [0.25, 0.3) is 0 Å². The lowest BCUT2D eigenvalue weighted by molar-refractivity contribution is -0.123. The summed E-state index contributed by atoms with van der Waals surface area (Å²) in [5.74, 6) is 0.522. The van der Waals surface area contributed by atoms with E-state index in [1.54, 1.807) is 24.5 Å². The molecule has 1 aromatic heterocycles. The van der Waals surface area contributed by atoms with E-state index < -0.39 is 0 Å². The largest absolute Gasteiger partial charge is 0.467 e. The fourth-order valence-electron chi connectivity index (χ4n) is 2.24. The van der Waals surface area contributed by atoms with Crippen LogP contribution in [0.2, 0.25) is 10.0 Å². The monoisotopic (exact) mass is 325 g/mol. The zero-order valence-corrected chi connectivity index (χ0v) is 13.4. The number of carbonyl (C=O) groups is 1. The number of carbonyl (C=O) groups excluding carboxylic acids is 1. The molecule has 1 amide bonds. The van der Waals surface area contributed by atoms with Gasteiger partial charge in [0, 0.05) is 0 Å². The van der Waals surface area contributed by atoms with Crippen LogP contribution in [-0.4, -0.2) is 5.91 Å². The van der Waals surface area contributed by atoms with Crippen molar-refractivity contribution in [3.8, 4) is 0 Å². The highest BCUT2D eigenvalue weighted by Gasteiger charge is 2.24. The van der Waals surface area contributed by atoms with Crippen LogP contribution < -0.4 is 5.32 Å². The fraction of sp³-hybridized carbons (Fsp3) is 0.312. The average Bonchev–Trinajstić information content (AvgIpc) is 2.93. The van der Waals surface area contributed by atoms with E-state index in [0.29, 0.717) is 16.6 Å². The van der Waals surface area contributed by atoms with Crippen LogP contribution in [0.4, 0.5) is 0 Å². The van der Waals surface area contributed by atoms with Crippen LogP contribution in [0.1, 0.15) is 31.1 Å². The number of hydrogen-bond donors (Lipinski definition) is 1. The van der Waals surface area contributed by atoms with Crippen LogP contribution in [-0.2, 0) is 11.3 Å². The van der Waals surface area contributed by atoms with Crippen LogP contribution in [0.3, 0.4) is 0 Å². The summed E-state index contributed by atoms with van der Waals surface area (Å²) >= 11 is 12.0. The van der Waals surface area contributed by atoms with Gasteiger partial charge in [-0.05, 0) is 35.7 Å². The second-order valence-corrected chi connectivity index (χ2v) is 6.01. The zero-order chi connectivity index (χ0) is 15.4. The van der Waals surface area contributed by atoms with Gasteiger partial charge in [-0.25, -0.2) is 0 Å². The lowest BCUT2D eigenvalue weighted by Gasteiger charge is -2.21. The third kappa shape index (κ3) is 4.02. The van der Waals surface area contributed by atoms with Crippen LogP contribution in [0, 0.1) is 5.92 Å². The molecule has 0 aliphatic rings. The van der Waals surface area contributed by atoms with Crippen LogP contribution in [0.25, 0.3) is 0 Å². The Balaban J connectivity index is 2.14. The predicted molar refractivity (Wildman–Crippen MR) is 84.6 cm³/mol. The smallest absolute Gasteiger partial charge is 0.228 e. The molecule has 1 atom stereocenters. The molecule has 2 aromatic rings. The first-order valence-corrected chi connectivity index (χ1v) is 7.49. The number of benzene rings is 1. The highest BCUT2D eigenvalue weighted by atomic mass is 35.5. The highest BCUT2D eigenvalue weighted by Crippen LogP contribution is 2.30. The first kappa shape index (κ1) is 15.9. The van der Waals surface area contributed by atoms with E-state index in [1.165, 1.54) is 0 Å². The molecule has 0 saturated heterocycles. The summed E-state index contributed by atoms with van der Waals surface area (Å²) in [5, 5.41) is 3.83. The van der Waals surface area contributed by atoms with Gasteiger partial charge in [0.05, 0.1) is 28.8 Å². The van der Waals surface area contributed by atoms with Crippen molar-refractivity contribution in [3.63, 3.8) is 0 Å². The number of halogens is 2. The van der Waals surface area contributed by atoms with Crippen molar-refractivity contribution in [2.24, 2.45) is 5.92 Å². The average molecular weight is 326 g/mol. The quantitative estimate of drug-likeness (QED) is 0.869. The molecule has 1 aromatic carbocycles. The van der Waals surface area contributed by atoms with Crippen molar-refractivity contribution >= 4 is 29.1 Å². The van der Waals surface area contributed by atoms with Gasteiger partial charge in [-0.3, -0.25) is 4.79 Å². The summed E-state index contributed by atoms with van der Waals surface area (Å²) in [5.41, 5.74) is 0.858. The van der Waals surface area contributed by atoms with Crippen LogP contribution >= 0.6 is 23.2 Å². The number of hydrogen-bond acceptors (Lipinski definition) is 2. The Labute approximate surface area is 134 Å². The summed E-state index contributed by atoms with van der Waals surface area (Å²) in [7, 11) is 0. The van der Waals surface area contributed by atoms with E-state index >= 15 is 0 Å². The summed E-state index contributed by atoms with van der Waals surface area (Å²) < 4.78 is 5.21. The summed E-state index contributed by atoms with van der Waals surface area (Å²) in [6.07, 6.45) is 1.58. The molecule has 1 unspecified atom stereocenters. The van der Waals surface area contributed by atoms with E-state index in [1.807, 2.05) is 26.0 Å². The van der Waals surface area contributed by atoms with Gasteiger partial charge in [0.15, 0.2) is 0 Å². The minimum absolute atomic E-state index is 0.0558. The zero-order valence-electron chi connectivity index (χ0n) is 11.9. The lowest BCUT2D eigenvalue weighted by Crippen LogP contribution is -2.31. The standard InChI is InChI=1S/C16H17Cl2NO2/c1-10(2)15(11-5-6-13(17)14(18)8-11)16(20)19-9-12-4-3-7-21-12/h3-8,10,15H,9H2,1-2H3,(H,19,20). The van der Waals surface area contributed by atoms with Crippen molar-refractivity contribution in [2.45, 2.75) is 26.3 Å².